The zero-order valence-corrected chi connectivity index (χ0v) is 12.5. The van der Waals surface area contributed by atoms with E-state index in [9.17, 15) is 4.21 Å². The fraction of sp³-hybridized carbons (Fsp3) is 0.600. The van der Waals surface area contributed by atoms with Crippen LogP contribution < -0.4 is 5.32 Å². The molecule has 1 fully saturated rings. The molecule has 0 saturated carbocycles. The lowest BCUT2D eigenvalue weighted by molar-refractivity contribution is 0.290. The minimum atomic E-state index is -0.582. The number of benzene rings is 1. The Hall–Kier alpha value is -0.710. The second-order valence-corrected chi connectivity index (χ2v) is 6.69. The molecule has 1 aliphatic rings. The average molecular weight is 280 g/mol. The lowest BCUT2D eigenvalue weighted by atomic mass is 10.0. The van der Waals surface area contributed by atoms with Crippen molar-refractivity contribution in [2.75, 3.05) is 37.7 Å². The maximum atomic E-state index is 11.4. The van der Waals surface area contributed by atoms with Gasteiger partial charge in [0, 0.05) is 41.9 Å². The van der Waals surface area contributed by atoms with Crippen LogP contribution in [0.25, 0.3) is 0 Å². The van der Waals surface area contributed by atoms with Crippen molar-refractivity contribution in [3.05, 3.63) is 35.4 Å². The molecule has 0 amide bonds. The fourth-order valence-electron chi connectivity index (χ4n) is 2.43. The van der Waals surface area contributed by atoms with Gasteiger partial charge in [0.1, 0.15) is 0 Å². The van der Waals surface area contributed by atoms with Gasteiger partial charge in [-0.2, -0.15) is 0 Å². The Morgan fingerprint density at radius 3 is 2.58 bits per heavy atom. The SMILES string of the molecule is CCNCCc1ccccc1CN1CCS(=O)CC1. The third kappa shape index (κ3) is 4.71. The van der Waals surface area contributed by atoms with Gasteiger partial charge in [-0.15, -0.1) is 0 Å². The van der Waals surface area contributed by atoms with E-state index in [4.69, 9.17) is 0 Å². The molecule has 4 heteroatoms. The third-order valence-corrected chi connectivity index (χ3v) is 4.88. The summed E-state index contributed by atoms with van der Waals surface area (Å²) in [4.78, 5) is 2.42. The van der Waals surface area contributed by atoms with Gasteiger partial charge in [-0.05, 0) is 30.6 Å². The smallest absolute Gasteiger partial charge is 0.0363 e. The lowest BCUT2D eigenvalue weighted by Gasteiger charge is -2.27. The van der Waals surface area contributed by atoms with E-state index < -0.39 is 10.8 Å². The third-order valence-electron chi connectivity index (χ3n) is 3.60. The van der Waals surface area contributed by atoms with Crippen LogP contribution in [-0.4, -0.2) is 46.8 Å². The zero-order chi connectivity index (χ0) is 13.5. The minimum absolute atomic E-state index is 0.582. The Morgan fingerprint density at radius 2 is 1.89 bits per heavy atom. The predicted octanol–water partition coefficient (Wildman–Crippen LogP) is 1.40. The number of rotatable bonds is 6. The Morgan fingerprint density at radius 1 is 1.21 bits per heavy atom. The molecule has 0 aromatic heterocycles. The largest absolute Gasteiger partial charge is 0.317 e. The Labute approximate surface area is 118 Å². The molecule has 1 aliphatic heterocycles. The Bertz CT molecular complexity index is 412. The van der Waals surface area contributed by atoms with Crippen LogP contribution in [0.2, 0.25) is 0 Å². The van der Waals surface area contributed by atoms with Crippen LogP contribution in [0.3, 0.4) is 0 Å². The van der Waals surface area contributed by atoms with Crippen molar-refractivity contribution in [1.29, 1.82) is 0 Å². The van der Waals surface area contributed by atoms with Gasteiger partial charge >= 0.3 is 0 Å². The Balaban J connectivity index is 1.93. The molecule has 1 aromatic rings. The highest BCUT2D eigenvalue weighted by Crippen LogP contribution is 2.13. The molecule has 1 saturated heterocycles. The minimum Gasteiger partial charge on any atom is -0.317 e. The number of hydrogen-bond acceptors (Lipinski definition) is 3. The molecule has 2 rings (SSSR count). The van der Waals surface area contributed by atoms with E-state index in [-0.39, 0.29) is 0 Å². The maximum Gasteiger partial charge on any atom is 0.0363 e. The molecule has 1 N–H and O–H groups in total. The van der Waals surface area contributed by atoms with E-state index in [1.165, 1.54) is 11.1 Å². The monoisotopic (exact) mass is 280 g/mol. The summed E-state index contributed by atoms with van der Waals surface area (Å²) >= 11 is 0. The molecule has 1 aromatic carbocycles. The van der Waals surface area contributed by atoms with Crippen LogP contribution in [0.5, 0.6) is 0 Å². The van der Waals surface area contributed by atoms with Gasteiger partial charge in [0.2, 0.25) is 0 Å². The Kier molecular flexibility index (Phi) is 6.01. The van der Waals surface area contributed by atoms with Crippen molar-refractivity contribution in [2.45, 2.75) is 19.9 Å². The summed E-state index contributed by atoms with van der Waals surface area (Å²) in [6.45, 7) is 7.14. The van der Waals surface area contributed by atoms with E-state index >= 15 is 0 Å². The summed E-state index contributed by atoms with van der Waals surface area (Å²) in [6.07, 6.45) is 1.09. The topological polar surface area (TPSA) is 32.3 Å². The normalized spacial score (nSPS) is 17.7. The molecule has 0 spiro atoms. The summed E-state index contributed by atoms with van der Waals surface area (Å²) in [5, 5.41) is 3.38. The summed E-state index contributed by atoms with van der Waals surface area (Å²) in [5.41, 5.74) is 2.86. The van der Waals surface area contributed by atoms with Crippen LogP contribution in [0.1, 0.15) is 18.1 Å². The van der Waals surface area contributed by atoms with Gasteiger partial charge in [0.25, 0.3) is 0 Å². The van der Waals surface area contributed by atoms with Gasteiger partial charge in [-0.3, -0.25) is 9.11 Å². The molecule has 106 valence electrons. The standard InChI is InChI=1S/C15H24N2OS/c1-2-16-8-7-14-5-3-4-6-15(14)13-17-9-11-19(18)12-10-17/h3-6,16H,2,7-13H2,1H3. The molecule has 0 bridgehead atoms. The number of likely N-dealkylation sites (N-methyl/N-ethyl adjacent to an activating group) is 1. The number of hydrogen-bond donors (Lipinski definition) is 1. The molecule has 0 atom stereocenters. The second kappa shape index (κ2) is 7.78. The molecule has 3 nitrogen and oxygen atoms in total. The zero-order valence-electron chi connectivity index (χ0n) is 11.7. The molecular weight excluding hydrogens is 256 g/mol. The highest BCUT2D eigenvalue weighted by Gasteiger charge is 2.16. The average Bonchev–Trinajstić information content (AvgIpc) is 2.43. The van der Waals surface area contributed by atoms with Crippen molar-refractivity contribution in [3.8, 4) is 0 Å². The van der Waals surface area contributed by atoms with Crippen LogP contribution >= 0.6 is 0 Å². The van der Waals surface area contributed by atoms with Gasteiger partial charge in [-0.25, -0.2) is 0 Å². The quantitative estimate of drug-likeness (QED) is 0.800. The van der Waals surface area contributed by atoms with Crippen molar-refractivity contribution in [3.63, 3.8) is 0 Å². The van der Waals surface area contributed by atoms with E-state index in [2.05, 4.69) is 41.4 Å². The molecule has 0 aliphatic carbocycles. The fourth-order valence-corrected chi connectivity index (χ4v) is 3.56. The molecule has 0 unspecified atom stereocenters. The number of nitrogens with one attached hydrogen (secondary N) is 1. The van der Waals surface area contributed by atoms with Gasteiger partial charge < -0.3 is 5.32 Å². The predicted molar refractivity (Wildman–Crippen MR) is 81.8 cm³/mol. The van der Waals surface area contributed by atoms with Crippen LogP contribution in [0.15, 0.2) is 24.3 Å². The van der Waals surface area contributed by atoms with E-state index in [1.807, 2.05) is 0 Å². The first-order valence-electron chi connectivity index (χ1n) is 7.14. The molecule has 1 heterocycles. The first kappa shape index (κ1) is 14.7. The van der Waals surface area contributed by atoms with Gasteiger partial charge in [0.05, 0.1) is 0 Å². The van der Waals surface area contributed by atoms with Gasteiger partial charge in [0.15, 0.2) is 0 Å². The molecule has 19 heavy (non-hydrogen) atoms. The lowest BCUT2D eigenvalue weighted by Crippen LogP contribution is -2.37. The highest BCUT2D eigenvalue weighted by molar-refractivity contribution is 7.85. The van der Waals surface area contributed by atoms with Crippen LogP contribution in [-0.2, 0) is 23.8 Å². The number of nitrogens with zero attached hydrogens (tertiary/aromatic N) is 1. The summed E-state index contributed by atoms with van der Waals surface area (Å²) < 4.78 is 11.4. The molecule has 0 radical (unpaired) electrons. The first-order valence-corrected chi connectivity index (χ1v) is 8.63. The highest BCUT2D eigenvalue weighted by atomic mass is 32.2. The maximum absolute atomic E-state index is 11.4. The van der Waals surface area contributed by atoms with Crippen molar-refractivity contribution >= 4 is 10.8 Å². The molecular formula is C15H24N2OS. The van der Waals surface area contributed by atoms with Crippen LogP contribution in [0, 0.1) is 0 Å². The van der Waals surface area contributed by atoms with Crippen molar-refractivity contribution in [1.82, 2.24) is 10.2 Å². The van der Waals surface area contributed by atoms with E-state index in [1.54, 1.807) is 0 Å². The van der Waals surface area contributed by atoms with E-state index in [0.29, 0.717) is 0 Å². The summed E-state index contributed by atoms with van der Waals surface area (Å²) in [6, 6.07) is 8.70. The van der Waals surface area contributed by atoms with Crippen molar-refractivity contribution in [2.24, 2.45) is 0 Å². The summed E-state index contributed by atoms with van der Waals surface area (Å²) in [7, 11) is -0.582. The van der Waals surface area contributed by atoms with Gasteiger partial charge in [-0.1, -0.05) is 31.2 Å². The first-order chi connectivity index (χ1) is 9.29. The second-order valence-electron chi connectivity index (χ2n) is 5.00. The van der Waals surface area contributed by atoms with E-state index in [0.717, 1.165) is 50.7 Å². The van der Waals surface area contributed by atoms with Crippen LogP contribution in [0.4, 0.5) is 0 Å². The van der Waals surface area contributed by atoms with Crippen molar-refractivity contribution < 1.29 is 4.21 Å². The summed E-state index contributed by atoms with van der Waals surface area (Å²) in [5.74, 6) is 1.67.